The van der Waals surface area contributed by atoms with E-state index >= 15 is 0 Å². The molecular formula is C14H21BrNO2+. The maximum Gasteiger partial charge on any atom is 0.136 e. The van der Waals surface area contributed by atoms with Gasteiger partial charge in [-0.2, -0.15) is 0 Å². The molecule has 0 spiro atoms. The Bertz CT molecular complexity index is 403. The highest BCUT2D eigenvalue weighted by Gasteiger charge is 2.19. The van der Waals surface area contributed by atoms with Crippen molar-refractivity contribution in [2.45, 2.75) is 38.3 Å². The van der Waals surface area contributed by atoms with Crippen LogP contribution in [0.25, 0.3) is 0 Å². The number of halogens is 1. The molecule has 0 bridgehead atoms. The first-order chi connectivity index (χ1) is 8.74. The second-order valence-corrected chi connectivity index (χ2v) is 5.64. The van der Waals surface area contributed by atoms with Crippen LogP contribution in [0.2, 0.25) is 0 Å². The van der Waals surface area contributed by atoms with Gasteiger partial charge in [0.05, 0.1) is 24.7 Å². The number of rotatable bonds is 5. The van der Waals surface area contributed by atoms with Crippen molar-refractivity contribution in [2.24, 2.45) is 0 Å². The molecule has 1 aromatic rings. The van der Waals surface area contributed by atoms with E-state index in [4.69, 9.17) is 9.47 Å². The SMILES string of the molecule is COc1cc(OC)c(C[NH2+]C2CCCC2)cc1Br. The molecule has 1 aliphatic carbocycles. The number of ether oxygens (including phenoxy) is 2. The summed E-state index contributed by atoms with van der Waals surface area (Å²) in [7, 11) is 3.38. The van der Waals surface area contributed by atoms with Crippen LogP contribution >= 0.6 is 15.9 Å². The third-order valence-corrected chi connectivity index (χ3v) is 4.25. The number of benzene rings is 1. The molecule has 0 saturated heterocycles. The molecular weight excluding hydrogens is 294 g/mol. The molecule has 18 heavy (non-hydrogen) atoms. The van der Waals surface area contributed by atoms with Gasteiger partial charge >= 0.3 is 0 Å². The zero-order valence-electron chi connectivity index (χ0n) is 11.0. The van der Waals surface area contributed by atoms with Crippen molar-refractivity contribution >= 4 is 15.9 Å². The number of nitrogens with two attached hydrogens (primary N) is 1. The van der Waals surface area contributed by atoms with E-state index < -0.39 is 0 Å². The summed E-state index contributed by atoms with van der Waals surface area (Å²) in [6.07, 6.45) is 5.45. The molecule has 1 saturated carbocycles. The third-order valence-electron chi connectivity index (χ3n) is 3.63. The predicted molar refractivity (Wildman–Crippen MR) is 75.1 cm³/mol. The van der Waals surface area contributed by atoms with E-state index in [1.807, 2.05) is 6.07 Å². The Labute approximate surface area is 117 Å². The zero-order chi connectivity index (χ0) is 13.0. The number of methoxy groups -OCH3 is 2. The van der Waals surface area contributed by atoms with Gasteiger partial charge < -0.3 is 14.8 Å². The summed E-state index contributed by atoms with van der Waals surface area (Å²) in [6, 6.07) is 4.83. The molecule has 0 aliphatic heterocycles. The summed E-state index contributed by atoms with van der Waals surface area (Å²) in [5.74, 6) is 1.72. The van der Waals surface area contributed by atoms with Crippen LogP contribution in [-0.4, -0.2) is 20.3 Å². The summed E-state index contributed by atoms with van der Waals surface area (Å²) in [5.41, 5.74) is 1.22. The smallest absolute Gasteiger partial charge is 0.136 e. The lowest BCUT2D eigenvalue weighted by atomic mass is 10.1. The molecule has 2 rings (SSSR count). The standard InChI is InChI=1S/C14H20BrNO2/c1-17-13-8-14(18-2)12(15)7-10(13)9-16-11-5-3-4-6-11/h7-8,11,16H,3-6,9H2,1-2H3/p+1. The van der Waals surface area contributed by atoms with Crippen molar-refractivity contribution in [3.8, 4) is 11.5 Å². The maximum atomic E-state index is 5.44. The summed E-state index contributed by atoms with van der Waals surface area (Å²) in [6.45, 7) is 0.969. The Morgan fingerprint density at radius 1 is 1.17 bits per heavy atom. The van der Waals surface area contributed by atoms with E-state index in [-0.39, 0.29) is 0 Å². The molecule has 0 heterocycles. The normalized spacial score (nSPS) is 15.9. The minimum absolute atomic E-state index is 0.788. The molecule has 4 heteroatoms. The summed E-state index contributed by atoms with van der Waals surface area (Å²) in [5, 5.41) is 2.43. The second-order valence-electron chi connectivity index (χ2n) is 4.78. The van der Waals surface area contributed by atoms with Gasteiger partial charge in [-0.3, -0.25) is 0 Å². The molecule has 0 atom stereocenters. The fourth-order valence-electron chi connectivity index (χ4n) is 2.57. The van der Waals surface area contributed by atoms with Crippen LogP contribution < -0.4 is 14.8 Å². The molecule has 100 valence electrons. The van der Waals surface area contributed by atoms with E-state index in [0.717, 1.165) is 28.6 Å². The molecule has 0 radical (unpaired) electrons. The van der Waals surface area contributed by atoms with Gasteiger partial charge in [0.25, 0.3) is 0 Å². The van der Waals surface area contributed by atoms with E-state index in [2.05, 4.69) is 27.3 Å². The van der Waals surface area contributed by atoms with E-state index in [9.17, 15) is 0 Å². The van der Waals surface area contributed by atoms with E-state index in [0.29, 0.717) is 0 Å². The van der Waals surface area contributed by atoms with Crippen molar-refractivity contribution in [2.75, 3.05) is 14.2 Å². The zero-order valence-corrected chi connectivity index (χ0v) is 12.6. The van der Waals surface area contributed by atoms with Crippen LogP contribution in [0.15, 0.2) is 16.6 Å². The molecule has 1 fully saturated rings. The second kappa shape index (κ2) is 6.43. The fourth-order valence-corrected chi connectivity index (χ4v) is 3.12. The quantitative estimate of drug-likeness (QED) is 0.906. The highest BCUT2D eigenvalue weighted by molar-refractivity contribution is 9.10. The molecule has 2 N–H and O–H groups in total. The van der Waals surface area contributed by atoms with Crippen LogP contribution in [0.5, 0.6) is 11.5 Å². The molecule has 3 nitrogen and oxygen atoms in total. The lowest BCUT2D eigenvalue weighted by Crippen LogP contribution is -2.87. The van der Waals surface area contributed by atoms with Crippen molar-refractivity contribution in [3.63, 3.8) is 0 Å². The highest BCUT2D eigenvalue weighted by atomic mass is 79.9. The van der Waals surface area contributed by atoms with Crippen molar-refractivity contribution < 1.29 is 14.8 Å². The van der Waals surface area contributed by atoms with Crippen molar-refractivity contribution in [1.29, 1.82) is 0 Å². The molecule has 1 aliphatic rings. The van der Waals surface area contributed by atoms with Crippen molar-refractivity contribution in [3.05, 3.63) is 22.2 Å². The average Bonchev–Trinajstić information content (AvgIpc) is 2.89. The average molecular weight is 315 g/mol. The first kappa shape index (κ1) is 13.7. The van der Waals surface area contributed by atoms with Crippen LogP contribution in [-0.2, 0) is 6.54 Å². The summed E-state index contributed by atoms with van der Waals surface area (Å²) < 4.78 is 11.7. The first-order valence-electron chi connectivity index (χ1n) is 6.48. The molecule has 0 aromatic heterocycles. The van der Waals surface area contributed by atoms with Gasteiger partial charge in [0.1, 0.15) is 18.0 Å². The largest absolute Gasteiger partial charge is 0.496 e. The highest BCUT2D eigenvalue weighted by Crippen LogP contribution is 2.32. The van der Waals surface area contributed by atoms with Gasteiger partial charge in [0.2, 0.25) is 0 Å². The van der Waals surface area contributed by atoms with Crippen LogP contribution in [0.3, 0.4) is 0 Å². The number of hydrogen-bond acceptors (Lipinski definition) is 2. The van der Waals surface area contributed by atoms with E-state index in [1.165, 1.54) is 31.2 Å². The Hall–Kier alpha value is -0.740. The Morgan fingerprint density at radius 3 is 2.44 bits per heavy atom. The van der Waals surface area contributed by atoms with E-state index in [1.54, 1.807) is 14.2 Å². The summed E-state index contributed by atoms with van der Waals surface area (Å²) >= 11 is 3.53. The maximum absolute atomic E-state index is 5.44. The minimum Gasteiger partial charge on any atom is -0.496 e. The Balaban J connectivity index is 2.08. The van der Waals surface area contributed by atoms with Crippen LogP contribution in [0.1, 0.15) is 31.2 Å². The fraction of sp³-hybridized carbons (Fsp3) is 0.571. The van der Waals surface area contributed by atoms with Gasteiger partial charge in [0.15, 0.2) is 0 Å². The van der Waals surface area contributed by atoms with Gasteiger partial charge in [-0.25, -0.2) is 0 Å². The topological polar surface area (TPSA) is 35.1 Å². The van der Waals surface area contributed by atoms with Gasteiger partial charge in [-0.05, 0) is 47.7 Å². The molecule has 0 amide bonds. The first-order valence-corrected chi connectivity index (χ1v) is 7.27. The predicted octanol–water partition coefficient (Wildman–Crippen LogP) is 2.47. The third kappa shape index (κ3) is 3.18. The summed E-state index contributed by atoms with van der Waals surface area (Å²) in [4.78, 5) is 0. The molecule has 1 aromatic carbocycles. The van der Waals surface area contributed by atoms with Crippen LogP contribution in [0, 0.1) is 0 Å². The number of quaternary nitrogens is 1. The lowest BCUT2D eigenvalue weighted by Gasteiger charge is -2.13. The molecule has 0 unspecified atom stereocenters. The monoisotopic (exact) mass is 314 g/mol. The van der Waals surface area contributed by atoms with Gasteiger partial charge in [-0.15, -0.1) is 0 Å². The Kier molecular flexibility index (Phi) is 4.89. The van der Waals surface area contributed by atoms with Crippen LogP contribution in [0.4, 0.5) is 0 Å². The minimum atomic E-state index is 0.788. The van der Waals surface area contributed by atoms with Crippen molar-refractivity contribution in [1.82, 2.24) is 0 Å². The van der Waals surface area contributed by atoms with Gasteiger partial charge in [0, 0.05) is 11.6 Å². The van der Waals surface area contributed by atoms with Gasteiger partial charge in [-0.1, -0.05) is 0 Å². The Morgan fingerprint density at radius 2 is 1.83 bits per heavy atom. The lowest BCUT2D eigenvalue weighted by molar-refractivity contribution is -0.703. The number of hydrogen-bond donors (Lipinski definition) is 1.